The molecular formula is C11H12F5N. The lowest BCUT2D eigenvalue weighted by molar-refractivity contribution is -0.145. The molecular weight excluding hydrogens is 241 g/mol. The Bertz CT molecular complexity index is 403. The SMILES string of the molecule is CC(C)(N)C(F)(F)c1ccccc1C(F)(F)F. The van der Waals surface area contributed by atoms with Gasteiger partial charge in [-0.05, 0) is 19.9 Å². The molecule has 0 saturated heterocycles. The van der Waals surface area contributed by atoms with E-state index in [-0.39, 0.29) is 0 Å². The van der Waals surface area contributed by atoms with E-state index in [1.54, 1.807) is 0 Å². The van der Waals surface area contributed by atoms with Gasteiger partial charge in [0.05, 0.1) is 11.1 Å². The van der Waals surface area contributed by atoms with E-state index in [0.717, 1.165) is 32.0 Å². The highest BCUT2D eigenvalue weighted by Gasteiger charge is 2.50. The van der Waals surface area contributed by atoms with E-state index in [1.165, 1.54) is 0 Å². The molecule has 0 fully saturated rings. The molecule has 0 atom stereocenters. The van der Waals surface area contributed by atoms with E-state index in [9.17, 15) is 22.0 Å². The zero-order valence-corrected chi connectivity index (χ0v) is 9.28. The molecule has 0 bridgehead atoms. The van der Waals surface area contributed by atoms with E-state index in [2.05, 4.69) is 0 Å². The second-order valence-electron chi connectivity index (χ2n) is 4.34. The van der Waals surface area contributed by atoms with Crippen molar-refractivity contribution in [2.75, 3.05) is 0 Å². The number of hydrogen-bond acceptors (Lipinski definition) is 1. The van der Waals surface area contributed by atoms with Gasteiger partial charge in [0.1, 0.15) is 0 Å². The van der Waals surface area contributed by atoms with E-state index in [1.807, 2.05) is 0 Å². The Hall–Kier alpha value is -1.17. The first-order chi connectivity index (χ1) is 7.48. The van der Waals surface area contributed by atoms with Crippen LogP contribution in [0.4, 0.5) is 22.0 Å². The lowest BCUT2D eigenvalue weighted by atomic mass is 9.88. The van der Waals surface area contributed by atoms with Crippen LogP contribution in [-0.2, 0) is 12.1 Å². The van der Waals surface area contributed by atoms with Gasteiger partial charge in [-0.15, -0.1) is 0 Å². The first-order valence-electron chi connectivity index (χ1n) is 4.81. The number of benzene rings is 1. The van der Waals surface area contributed by atoms with Gasteiger partial charge in [-0.25, -0.2) is 0 Å². The Labute approximate surface area is 95.4 Å². The molecule has 0 heterocycles. The summed E-state index contributed by atoms with van der Waals surface area (Å²) in [6.07, 6.45) is -4.83. The largest absolute Gasteiger partial charge is 0.416 e. The van der Waals surface area contributed by atoms with Gasteiger partial charge in [-0.3, -0.25) is 0 Å². The van der Waals surface area contributed by atoms with E-state index in [0.29, 0.717) is 6.07 Å². The minimum atomic E-state index is -4.83. The minimum absolute atomic E-state index is 0.620. The quantitative estimate of drug-likeness (QED) is 0.801. The fourth-order valence-corrected chi connectivity index (χ4v) is 1.35. The highest BCUT2D eigenvalue weighted by molar-refractivity contribution is 5.35. The molecule has 1 nitrogen and oxygen atoms in total. The van der Waals surface area contributed by atoms with Crippen molar-refractivity contribution in [3.63, 3.8) is 0 Å². The summed E-state index contributed by atoms with van der Waals surface area (Å²) in [5.41, 5.74) is 0.710. The number of nitrogens with two attached hydrogens (primary N) is 1. The summed E-state index contributed by atoms with van der Waals surface area (Å²) in [6, 6.07) is 3.56. The fraction of sp³-hybridized carbons (Fsp3) is 0.455. The minimum Gasteiger partial charge on any atom is -0.320 e. The molecule has 0 aliphatic carbocycles. The van der Waals surface area contributed by atoms with Crippen molar-refractivity contribution in [1.29, 1.82) is 0 Å². The Balaban J connectivity index is 3.43. The molecule has 0 unspecified atom stereocenters. The number of rotatable bonds is 2. The highest BCUT2D eigenvalue weighted by atomic mass is 19.4. The lowest BCUT2D eigenvalue weighted by Crippen LogP contribution is -2.49. The first kappa shape index (κ1) is 13.9. The fourth-order valence-electron chi connectivity index (χ4n) is 1.35. The van der Waals surface area contributed by atoms with Crippen LogP contribution in [0.25, 0.3) is 0 Å². The second-order valence-corrected chi connectivity index (χ2v) is 4.34. The molecule has 6 heteroatoms. The van der Waals surface area contributed by atoms with Gasteiger partial charge >= 0.3 is 6.18 Å². The van der Waals surface area contributed by atoms with Crippen molar-refractivity contribution in [3.8, 4) is 0 Å². The van der Waals surface area contributed by atoms with Crippen molar-refractivity contribution in [3.05, 3.63) is 35.4 Å². The van der Waals surface area contributed by atoms with Crippen molar-refractivity contribution in [2.24, 2.45) is 5.73 Å². The summed E-state index contributed by atoms with van der Waals surface area (Å²) in [4.78, 5) is 0. The van der Waals surface area contributed by atoms with Crippen molar-refractivity contribution in [1.82, 2.24) is 0 Å². The second kappa shape index (κ2) is 3.94. The third-order valence-corrected chi connectivity index (χ3v) is 2.38. The van der Waals surface area contributed by atoms with Crippen LogP contribution in [0.1, 0.15) is 25.0 Å². The van der Waals surface area contributed by atoms with E-state index in [4.69, 9.17) is 5.73 Å². The van der Waals surface area contributed by atoms with Gasteiger partial charge in [0.25, 0.3) is 5.92 Å². The third-order valence-electron chi connectivity index (χ3n) is 2.38. The maximum absolute atomic E-state index is 13.8. The molecule has 1 aromatic rings. The van der Waals surface area contributed by atoms with Crippen LogP contribution in [-0.4, -0.2) is 5.54 Å². The zero-order valence-electron chi connectivity index (χ0n) is 9.28. The van der Waals surface area contributed by atoms with Gasteiger partial charge in [0, 0.05) is 5.56 Å². The Morgan fingerprint density at radius 2 is 1.29 bits per heavy atom. The smallest absolute Gasteiger partial charge is 0.320 e. The Kier molecular flexibility index (Phi) is 3.22. The van der Waals surface area contributed by atoms with Gasteiger partial charge in [0.15, 0.2) is 0 Å². The van der Waals surface area contributed by atoms with Crippen molar-refractivity contribution in [2.45, 2.75) is 31.5 Å². The Morgan fingerprint density at radius 3 is 1.65 bits per heavy atom. The third kappa shape index (κ3) is 2.57. The summed E-state index contributed by atoms with van der Waals surface area (Å²) < 4.78 is 65.4. The average molecular weight is 253 g/mol. The number of hydrogen-bond donors (Lipinski definition) is 1. The number of alkyl halides is 5. The molecule has 1 rings (SSSR count). The van der Waals surface area contributed by atoms with Crippen LogP contribution in [0.3, 0.4) is 0 Å². The van der Waals surface area contributed by atoms with Crippen LogP contribution >= 0.6 is 0 Å². The normalized spacial score (nSPS) is 13.9. The van der Waals surface area contributed by atoms with Crippen LogP contribution in [0, 0.1) is 0 Å². The summed E-state index contributed by atoms with van der Waals surface area (Å²) in [7, 11) is 0. The molecule has 0 radical (unpaired) electrons. The Morgan fingerprint density at radius 1 is 0.882 bits per heavy atom. The van der Waals surface area contributed by atoms with Crippen LogP contribution in [0.5, 0.6) is 0 Å². The predicted octanol–water partition coefficient (Wildman–Crippen LogP) is 3.53. The first-order valence-corrected chi connectivity index (χ1v) is 4.81. The topological polar surface area (TPSA) is 26.0 Å². The summed E-state index contributed by atoms with van der Waals surface area (Å²) in [5, 5.41) is 0. The van der Waals surface area contributed by atoms with Gasteiger partial charge < -0.3 is 5.73 Å². The summed E-state index contributed by atoms with van der Waals surface area (Å²) in [6.45, 7) is 1.97. The summed E-state index contributed by atoms with van der Waals surface area (Å²) >= 11 is 0. The number of halogens is 5. The van der Waals surface area contributed by atoms with Gasteiger partial charge in [-0.1, -0.05) is 18.2 Å². The molecule has 0 aliphatic heterocycles. The average Bonchev–Trinajstić information content (AvgIpc) is 2.14. The molecule has 2 N–H and O–H groups in total. The molecule has 0 spiro atoms. The van der Waals surface area contributed by atoms with Gasteiger partial charge in [0.2, 0.25) is 0 Å². The maximum atomic E-state index is 13.8. The molecule has 96 valence electrons. The van der Waals surface area contributed by atoms with E-state index < -0.39 is 28.8 Å². The molecule has 17 heavy (non-hydrogen) atoms. The zero-order chi connectivity index (χ0) is 13.5. The monoisotopic (exact) mass is 253 g/mol. The van der Waals surface area contributed by atoms with E-state index >= 15 is 0 Å². The molecule has 0 aliphatic rings. The lowest BCUT2D eigenvalue weighted by Gasteiger charge is -2.32. The molecule has 0 saturated carbocycles. The maximum Gasteiger partial charge on any atom is 0.416 e. The highest BCUT2D eigenvalue weighted by Crippen LogP contribution is 2.43. The molecule has 0 amide bonds. The van der Waals surface area contributed by atoms with Gasteiger partial charge in [-0.2, -0.15) is 22.0 Å². The van der Waals surface area contributed by atoms with Crippen LogP contribution in [0.2, 0.25) is 0 Å². The predicted molar refractivity (Wildman–Crippen MR) is 53.6 cm³/mol. The van der Waals surface area contributed by atoms with Crippen LogP contribution < -0.4 is 5.73 Å². The van der Waals surface area contributed by atoms with Crippen LogP contribution in [0.15, 0.2) is 24.3 Å². The van der Waals surface area contributed by atoms with Crippen molar-refractivity contribution < 1.29 is 22.0 Å². The standard InChI is InChI=1S/C11H12F5N/c1-9(2,17)10(12,13)7-5-3-4-6-8(7)11(14,15)16/h3-6H,17H2,1-2H3. The molecule has 0 aromatic heterocycles. The molecule has 1 aromatic carbocycles. The van der Waals surface area contributed by atoms with Crippen molar-refractivity contribution >= 4 is 0 Å². The summed E-state index contributed by atoms with van der Waals surface area (Å²) in [5.74, 6) is -3.76.